The second kappa shape index (κ2) is 8.93. The van der Waals surface area contributed by atoms with Crippen LogP contribution in [0.4, 0.5) is 0 Å². The Balaban J connectivity index is 2.13. The van der Waals surface area contributed by atoms with E-state index in [1.807, 2.05) is 6.92 Å². The fraction of sp³-hybridized carbons (Fsp3) is 1.00. The third-order valence-electron chi connectivity index (χ3n) is 4.17. The van der Waals surface area contributed by atoms with Crippen molar-refractivity contribution in [2.24, 2.45) is 5.92 Å². The van der Waals surface area contributed by atoms with Gasteiger partial charge in [0, 0.05) is 6.04 Å². The van der Waals surface area contributed by atoms with Gasteiger partial charge in [-0.3, -0.25) is 0 Å². The van der Waals surface area contributed by atoms with Crippen molar-refractivity contribution in [3.8, 4) is 0 Å². The lowest BCUT2D eigenvalue weighted by Crippen LogP contribution is -2.31. The van der Waals surface area contributed by atoms with Crippen LogP contribution in [-0.4, -0.2) is 23.8 Å². The average molecular weight is 241 g/mol. The van der Waals surface area contributed by atoms with Crippen LogP contribution in [0.5, 0.6) is 0 Å². The van der Waals surface area contributed by atoms with Crippen LogP contribution in [0.15, 0.2) is 0 Å². The minimum Gasteiger partial charge on any atom is -0.393 e. The Bertz CT molecular complexity index is 184. The zero-order chi connectivity index (χ0) is 12.5. The fourth-order valence-corrected chi connectivity index (χ4v) is 2.94. The average Bonchev–Trinajstić information content (AvgIpc) is 2.55. The van der Waals surface area contributed by atoms with Crippen LogP contribution in [0.3, 0.4) is 0 Å². The normalized spacial score (nSPS) is 27.7. The molecule has 102 valence electrons. The van der Waals surface area contributed by atoms with Crippen molar-refractivity contribution in [1.82, 2.24) is 5.32 Å². The van der Waals surface area contributed by atoms with Crippen molar-refractivity contribution in [2.45, 2.75) is 83.8 Å². The van der Waals surface area contributed by atoms with Gasteiger partial charge in [0.25, 0.3) is 0 Å². The first-order chi connectivity index (χ1) is 8.26. The van der Waals surface area contributed by atoms with E-state index in [2.05, 4.69) is 12.2 Å². The van der Waals surface area contributed by atoms with E-state index in [-0.39, 0.29) is 6.10 Å². The van der Waals surface area contributed by atoms with Gasteiger partial charge >= 0.3 is 0 Å². The summed E-state index contributed by atoms with van der Waals surface area (Å²) in [7, 11) is 0. The van der Waals surface area contributed by atoms with Gasteiger partial charge in [0.15, 0.2) is 0 Å². The molecule has 0 aromatic heterocycles. The molecule has 1 aliphatic rings. The number of aliphatic hydroxyl groups excluding tert-OH is 1. The third-order valence-corrected chi connectivity index (χ3v) is 4.17. The molecule has 0 heterocycles. The summed E-state index contributed by atoms with van der Waals surface area (Å²) >= 11 is 0. The van der Waals surface area contributed by atoms with Crippen LogP contribution in [-0.2, 0) is 0 Å². The summed E-state index contributed by atoms with van der Waals surface area (Å²) in [5.74, 6) is 0.980. The molecule has 0 aromatic carbocycles. The predicted molar refractivity (Wildman–Crippen MR) is 74.2 cm³/mol. The SMILES string of the molecule is CCCC1CCCC(NCCC(O)CC)CC1. The highest BCUT2D eigenvalue weighted by Gasteiger charge is 2.17. The first-order valence-corrected chi connectivity index (χ1v) is 7.67. The molecule has 1 rings (SSSR count). The van der Waals surface area contributed by atoms with Gasteiger partial charge in [-0.25, -0.2) is 0 Å². The van der Waals surface area contributed by atoms with Crippen LogP contribution in [0, 0.1) is 5.92 Å². The van der Waals surface area contributed by atoms with E-state index in [0.717, 1.165) is 25.3 Å². The van der Waals surface area contributed by atoms with Gasteiger partial charge < -0.3 is 10.4 Å². The lowest BCUT2D eigenvalue weighted by Gasteiger charge is -2.17. The molecule has 0 radical (unpaired) electrons. The standard InChI is InChI=1S/C15H31NO/c1-3-6-13-7-5-8-14(10-9-13)16-12-11-15(17)4-2/h13-17H,3-12H2,1-2H3. The molecule has 2 N–H and O–H groups in total. The van der Waals surface area contributed by atoms with E-state index in [1.54, 1.807) is 0 Å². The molecule has 3 unspecified atom stereocenters. The van der Waals surface area contributed by atoms with E-state index in [0.29, 0.717) is 6.04 Å². The highest BCUT2D eigenvalue weighted by Crippen LogP contribution is 2.26. The quantitative estimate of drug-likeness (QED) is 0.669. The summed E-state index contributed by atoms with van der Waals surface area (Å²) < 4.78 is 0. The summed E-state index contributed by atoms with van der Waals surface area (Å²) in [5.41, 5.74) is 0. The van der Waals surface area contributed by atoms with Crippen LogP contribution in [0.1, 0.15) is 71.6 Å². The third kappa shape index (κ3) is 6.42. The molecule has 0 aliphatic heterocycles. The van der Waals surface area contributed by atoms with Crippen LogP contribution >= 0.6 is 0 Å². The summed E-state index contributed by atoms with van der Waals surface area (Å²) in [6, 6.07) is 0.709. The molecule has 1 fully saturated rings. The van der Waals surface area contributed by atoms with E-state index in [9.17, 15) is 5.11 Å². The molecule has 0 spiro atoms. The van der Waals surface area contributed by atoms with E-state index >= 15 is 0 Å². The molecular formula is C15H31NO. The number of nitrogens with one attached hydrogen (secondary N) is 1. The molecule has 0 bridgehead atoms. The highest BCUT2D eigenvalue weighted by molar-refractivity contribution is 4.75. The van der Waals surface area contributed by atoms with Gasteiger partial charge in [-0.15, -0.1) is 0 Å². The smallest absolute Gasteiger partial charge is 0.0549 e. The van der Waals surface area contributed by atoms with E-state index in [4.69, 9.17) is 0 Å². The fourth-order valence-electron chi connectivity index (χ4n) is 2.94. The molecule has 0 aromatic rings. The maximum absolute atomic E-state index is 9.51. The topological polar surface area (TPSA) is 32.3 Å². The molecule has 2 nitrogen and oxygen atoms in total. The van der Waals surface area contributed by atoms with E-state index < -0.39 is 0 Å². The second-order valence-electron chi connectivity index (χ2n) is 5.66. The first kappa shape index (κ1) is 15.0. The zero-order valence-corrected chi connectivity index (χ0v) is 11.8. The molecule has 1 saturated carbocycles. The van der Waals surface area contributed by atoms with Gasteiger partial charge in [-0.05, 0) is 44.6 Å². The Morgan fingerprint density at radius 3 is 2.71 bits per heavy atom. The summed E-state index contributed by atoms with van der Waals surface area (Å²) in [4.78, 5) is 0. The Morgan fingerprint density at radius 2 is 2.00 bits per heavy atom. The van der Waals surface area contributed by atoms with E-state index in [1.165, 1.54) is 44.9 Å². The summed E-state index contributed by atoms with van der Waals surface area (Å²) in [6.07, 6.45) is 11.3. The summed E-state index contributed by atoms with van der Waals surface area (Å²) in [5, 5.41) is 13.1. The van der Waals surface area contributed by atoms with Crippen molar-refractivity contribution in [3.63, 3.8) is 0 Å². The molecule has 0 saturated heterocycles. The highest BCUT2D eigenvalue weighted by atomic mass is 16.3. The Labute approximate surface area is 107 Å². The van der Waals surface area contributed by atoms with Crippen molar-refractivity contribution in [1.29, 1.82) is 0 Å². The minimum atomic E-state index is -0.110. The van der Waals surface area contributed by atoms with Gasteiger partial charge in [-0.2, -0.15) is 0 Å². The van der Waals surface area contributed by atoms with Crippen LogP contribution in [0.2, 0.25) is 0 Å². The van der Waals surface area contributed by atoms with Crippen molar-refractivity contribution < 1.29 is 5.11 Å². The number of rotatable bonds is 7. The van der Waals surface area contributed by atoms with Crippen molar-refractivity contribution >= 4 is 0 Å². The molecule has 3 atom stereocenters. The molecule has 1 aliphatic carbocycles. The molecule has 2 heteroatoms. The van der Waals surface area contributed by atoms with Crippen molar-refractivity contribution in [3.05, 3.63) is 0 Å². The molecular weight excluding hydrogens is 210 g/mol. The maximum Gasteiger partial charge on any atom is 0.0549 e. The lowest BCUT2D eigenvalue weighted by atomic mass is 9.95. The Hall–Kier alpha value is -0.0800. The monoisotopic (exact) mass is 241 g/mol. The largest absolute Gasteiger partial charge is 0.393 e. The van der Waals surface area contributed by atoms with Gasteiger partial charge in [-0.1, -0.05) is 39.5 Å². The van der Waals surface area contributed by atoms with Gasteiger partial charge in [0.1, 0.15) is 0 Å². The zero-order valence-electron chi connectivity index (χ0n) is 11.8. The number of aliphatic hydroxyl groups is 1. The Morgan fingerprint density at radius 1 is 1.18 bits per heavy atom. The predicted octanol–water partition coefficient (Wildman–Crippen LogP) is 3.49. The maximum atomic E-state index is 9.51. The molecule has 0 amide bonds. The van der Waals surface area contributed by atoms with Gasteiger partial charge in [0.2, 0.25) is 0 Å². The first-order valence-electron chi connectivity index (χ1n) is 7.67. The number of hydrogen-bond donors (Lipinski definition) is 2. The summed E-state index contributed by atoms with van der Waals surface area (Å²) in [6.45, 7) is 5.33. The second-order valence-corrected chi connectivity index (χ2v) is 5.66. The van der Waals surface area contributed by atoms with Crippen LogP contribution < -0.4 is 5.32 Å². The van der Waals surface area contributed by atoms with Crippen LogP contribution in [0.25, 0.3) is 0 Å². The van der Waals surface area contributed by atoms with Crippen molar-refractivity contribution in [2.75, 3.05) is 6.54 Å². The number of hydrogen-bond acceptors (Lipinski definition) is 2. The Kier molecular flexibility index (Phi) is 7.87. The minimum absolute atomic E-state index is 0.110. The lowest BCUT2D eigenvalue weighted by molar-refractivity contribution is 0.158. The molecule has 17 heavy (non-hydrogen) atoms. The van der Waals surface area contributed by atoms with Gasteiger partial charge in [0.05, 0.1) is 6.10 Å².